The Balaban J connectivity index is 0.00000320. The van der Waals surface area contributed by atoms with Crippen molar-refractivity contribution >= 4 is 29.9 Å². The number of unbranched alkanes of at least 4 members (excludes halogenated alkanes) is 2. The van der Waals surface area contributed by atoms with E-state index in [1.54, 1.807) is 0 Å². The van der Waals surface area contributed by atoms with Gasteiger partial charge in [-0.25, -0.2) is 4.68 Å². The van der Waals surface area contributed by atoms with Crippen molar-refractivity contribution in [3.63, 3.8) is 0 Å². The number of aliphatic imine (C=N–C) groups is 1. The molecule has 1 N–H and O–H groups in total. The highest BCUT2D eigenvalue weighted by Crippen LogP contribution is 2.11. The molecule has 6 nitrogen and oxygen atoms in total. The summed E-state index contributed by atoms with van der Waals surface area (Å²) in [7, 11) is 3.92. The number of likely N-dealkylation sites (tertiary alicyclic amines) is 1. The highest BCUT2D eigenvalue weighted by atomic mass is 127. The Morgan fingerprint density at radius 3 is 2.60 bits per heavy atom. The maximum absolute atomic E-state index is 4.48. The van der Waals surface area contributed by atoms with Gasteiger partial charge < -0.3 is 15.1 Å². The minimum absolute atomic E-state index is 0. The van der Waals surface area contributed by atoms with Gasteiger partial charge in [0.1, 0.15) is 0 Å². The summed E-state index contributed by atoms with van der Waals surface area (Å²) in [4.78, 5) is 9.21. The van der Waals surface area contributed by atoms with Crippen molar-refractivity contribution in [3.05, 3.63) is 48.3 Å². The molecule has 0 radical (unpaired) electrons. The summed E-state index contributed by atoms with van der Waals surface area (Å²) in [5.41, 5.74) is 2.24. The predicted molar refractivity (Wildman–Crippen MR) is 136 cm³/mol. The molecule has 1 fully saturated rings. The third-order valence-corrected chi connectivity index (χ3v) is 5.53. The first-order valence-corrected chi connectivity index (χ1v) is 11.0. The Morgan fingerprint density at radius 1 is 1.10 bits per heavy atom. The zero-order valence-corrected chi connectivity index (χ0v) is 20.8. The van der Waals surface area contributed by atoms with Crippen LogP contribution in [-0.4, -0.2) is 65.8 Å². The Bertz CT molecular complexity index is 739. The third-order valence-electron chi connectivity index (χ3n) is 5.53. The van der Waals surface area contributed by atoms with E-state index in [1.807, 2.05) is 36.1 Å². The molecular weight excluding hydrogens is 487 g/mol. The average Bonchev–Trinajstić information content (AvgIpc) is 3.23. The number of hydrogen-bond acceptors (Lipinski definition) is 3. The standard InChI is InChI=1S/C23H36N6.HI/c1-24-23(25-14-8-4-9-15-28-16-10-5-11-17-28)27(2)19-21-18-26-29(20-21)22-12-6-3-7-13-22;/h3,6-7,12-13,18,20H,4-5,8-11,14-17,19H2,1-2H3,(H,24,25);1H. The maximum Gasteiger partial charge on any atom is 0.193 e. The fourth-order valence-corrected chi connectivity index (χ4v) is 3.92. The van der Waals surface area contributed by atoms with Crippen LogP contribution in [0.15, 0.2) is 47.7 Å². The van der Waals surface area contributed by atoms with Crippen LogP contribution in [0.5, 0.6) is 0 Å². The average molecular weight is 524 g/mol. The second-order valence-corrected chi connectivity index (χ2v) is 7.92. The van der Waals surface area contributed by atoms with E-state index in [2.05, 4.69) is 50.6 Å². The lowest BCUT2D eigenvalue weighted by atomic mass is 10.1. The van der Waals surface area contributed by atoms with Crippen molar-refractivity contribution in [3.8, 4) is 5.69 Å². The molecule has 1 aliphatic heterocycles. The maximum atomic E-state index is 4.48. The van der Waals surface area contributed by atoms with E-state index in [1.165, 1.54) is 63.7 Å². The number of guanidine groups is 1. The van der Waals surface area contributed by atoms with E-state index in [0.717, 1.165) is 24.7 Å². The topological polar surface area (TPSA) is 48.7 Å². The van der Waals surface area contributed by atoms with Crippen LogP contribution in [-0.2, 0) is 6.54 Å². The Morgan fingerprint density at radius 2 is 1.87 bits per heavy atom. The number of para-hydroxylation sites is 1. The summed E-state index contributed by atoms with van der Waals surface area (Å²) in [5, 5.41) is 7.99. The van der Waals surface area contributed by atoms with E-state index in [-0.39, 0.29) is 24.0 Å². The van der Waals surface area contributed by atoms with Crippen molar-refractivity contribution in [1.29, 1.82) is 0 Å². The quantitative estimate of drug-likeness (QED) is 0.232. The van der Waals surface area contributed by atoms with Gasteiger partial charge in [-0.3, -0.25) is 4.99 Å². The van der Waals surface area contributed by atoms with Crippen LogP contribution >= 0.6 is 24.0 Å². The minimum Gasteiger partial charge on any atom is -0.356 e. The molecule has 0 spiro atoms. The number of aromatic nitrogens is 2. The second-order valence-electron chi connectivity index (χ2n) is 7.92. The summed E-state index contributed by atoms with van der Waals surface area (Å²) in [6.45, 7) is 5.62. The number of nitrogens with zero attached hydrogens (tertiary/aromatic N) is 5. The Kier molecular flexibility index (Phi) is 11.2. The molecule has 1 aliphatic rings. The molecule has 0 atom stereocenters. The molecule has 0 bridgehead atoms. The van der Waals surface area contributed by atoms with Crippen molar-refractivity contribution in [1.82, 2.24) is 24.9 Å². The molecule has 1 aromatic carbocycles. The minimum atomic E-state index is 0. The first-order valence-electron chi connectivity index (χ1n) is 11.0. The van der Waals surface area contributed by atoms with Crippen LogP contribution < -0.4 is 5.32 Å². The first kappa shape index (κ1) is 24.7. The van der Waals surface area contributed by atoms with E-state index in [0.29, 0.717) is 0 Å². The molecule has 30 heavy (non-hydrogen) atoms. The fourth-order valence-electron chi connectivity index (χ4n) is 3.92. The molecule has 1 aromatic heterocycles. The largest absolute Gasteiger partial charge is 0.356 e. The fraction of sp³-hybridized carbons (Fsp3) is 0.565. The summed E-state index contributed by atoms with van der Waals surface area (Å²) in [6, 6.07) is 10.2. The number of nitrogens with one attached hydrogen (secondary N) is 1. The lowest BCUT2D eigenvalue weighted by Crippen LogP contribution is -2.38. The Labute approximate surface area is 198 Å². The number of piperidine rings is 1. The van der Waals surface area contributed by atoms with Crippen molar-refractivity contribution in [2.75, 3.05) is 40.3 Å². The van der Waals surface area contributed by atoms with Crippen LogP contribution in [0.25, 0.3) is 5.69 Å². The van der Waals surface area contributed by atoms with Gasteiger partial charge in [0, 0.05) is 38.9 Å². The summed E-state index contributed by atoms with van der Waals surface area (Å²) < 4.78 is 1.92. The highest BCUT2D eigenvalue weighted by molar-refractivity contribution is 14.0. The SMILES string of the molecule is CN=C(NCCCCCN1CCCCC1)N(C)Cc1cnn(-c2ccccc2)c1.I. The molecule has 2 heterocycles. The number of benzene rings is 1. The third kappa shape index (κ3) is 7.91. The zero-order chi connectivity index (χ0) is 20.3. The summed E-state index contributed by atoms with van der Waals surface area (Å²) in [6.07, 6.45) is 12.0. The molecule has 7 heteroatoms. The van der Waals surface area contributed by atoms with E-state index in [9.17, 15) is 0 Å². The van der Waals surface area contributed by atoms with Crippen LogP contribution in [0.3, 0.4) is 0 Å². The van der Waals surface area contributed by atoms with Crippen molar-refractivity contribution < 1.29 is 0 Å². The van der Waals surface area contributed by atoms with E-state index < -0.39 is 0 Å². The van der Waals surface area contributed by atoms with Gasteiger partial charge in [0.05, 0.1) is 11.9 Å². The number of halogens is 1. The molecule has 3 rings (SSSR count). The van der Waals surface area contributed by atoms with E-state index >= 15 is 0 Å². The van der Waals surface area contributed by atoms with Gasteiger partial charge in [0.2, 0.25) is 0 Å². The number of hydrogen-bond donors (Lipinski definition) is 1. The van der Waals surface area contributed by atoms with Gasteiger partial charge in [0.25, 0.3) is 0 Å². The summed E-state index contributed by atoms with van der Waals surface area (Å²) in [5.74, 6) is 0.938. The van der Waals surface area contributed by atoms with Gasteiger partial charge >= 0.3 is 0 Å². The molecule has 0 aliphatic carbocycles. The molecule has 166 valence electrons. The Hall–Kier alpha value is -1.61. The summed E-state index contributed by atoms with van der Waals surface area (Å²) >= 11 is 0. The lowest BCUT2D eigenvalue weighted by Gasteiger charge is -2.26. The molecule has 0 amide bonds. The molecule has 0 unspecified atom stereocenters. The smallest absolute Gasteiger partial charge is 0.193 e. The lowest BCUT2D eigenvalue weighted by molar-refractivity contribution is 0.224. The second kappa shape index (κ2) is 13.6. The molecular formula is C23H37IN6. The highest BCUT2D eigenvalue weighted by Gasteiger charge is 2.10. The first-order chi connectivity index (χ1) is 14.3. The van der Waals surface area contributed by atoms with Crippen LogP contribution in [0.1, 0.15) is 44.1 Å². The van der Waals surface area contributed by atoms with E-state index in [4.69, 9.17) is 0 Å². The predicted octanol–water partition coefficient (Wildman–Crippen LogP) is 4.15. The van der Waals surface area contributed by atoms with Gasteiger partial charge in [-0.15, -0.1) is 24.0 Å². The van der Waals surface area contributed by atoms with Crippen LogP contribution in [0.2, 0.25) is 0 Å². The number of rotatable bonds is 9. The molecule has 0 saturated carbocycles. The van der Waals surface area contributed by atoms with Gasteiger partial charge in [0.15, 0.2) is 5.96 Å². The zero-order valence-electron chi connectivity index (χ0n) is 18.5. The normalized spacial score (nSPS) is 14.9. The van der Waals surface area contributed by atoms with Crippen LogP contribution in [0.4, 0.5) is 0 Å². The van der Waals surface area contributed by atoms with Crippen molar-refractivity contribution in [2.24, 2.45) is 4.99 Å². The van der Waals surface area contributed by atoms with Crippen molar-refractivity contribution in [2.45, 2.75) is 45.1 Å². The van der Waals surface area contributed by atoms with Crippen LogP contribution in [0, 0.1) is 0 Å². The molecule has 2 aromatic rings. The van der Waals surface area contributed by atoms with Gasteiger partial charge in [-0.1, -0.05) is 31.0 Å². The molecule has 1 saturated heterocycles. The van der Waals surface area contributed by atoms with Gasteiger partial charge in [-0.05, 0) is 57.5 Å². The van der Waals surface area contributed by atoms with Gasteiger partial charge in [-0.2, -0.15) is 5.10 Å². The monoisotopic (exact) mass is 524 g/mol.